The number of hydrogen-bond donors (Lipinski definition) is 3. The summed E-state index contributed by atoms with van der Waals surface area (Å²) in [4.78, 5) is 23.2. The van der Waals surface area contributed by atoms with E-state index in [1.54, 1.807) is 6.92 Å². The van der Waals surface area contributed by atoms with Crippen LogP contribution in [0.15, 0.2) is 0 Å². The predicted molar refractivity (Wildman–Crippen MR) is 61.4 cm³/mol. The maximum atomic E-state index is 11.5. The zero-order valence-electron chi connectivity index (χ0n) is 9.95. The normalized spacial score (nSPS) is 9.88. The molecule has 0 heterocycles. The lowest BCUT2D eigenvalue weighted by atomic mass is 10.4. The largest absolute Gasteiger partial charge is 0.480 e. The van der Waals surface area contributed by atoms with Gasteiger partial charge >= 0.3 is 12.0 Å². The summed E-state index contributed by atoms with van der Waals surface area (Å²) in [5.41, 5.74) is 0. The second kappa shape index (κ2) is 8.96. The van der Waals surface area contributed by atoms with E-state index in [2.05, 4.69) is 10.6 Å². The Kier molecular flexibility index (Phi) is 8.24. The third kappa shape index (κ3) is 7.05. The van der Waals surface area contributed by atoms with E-state index >= 15 is 0 Å². The molecule has 0 unspecified atom stereocenters. The second-order valence-electron chi connectivity index (χ2n) is 3.35. The minimum atomic E-state index is -0.996. The van der Waals surface area contributed by atoms with Crippen molar-refractivity contribution >= 4 is 12.0 Å². The van der Waals surface area contributed by atoms with E-state index < -0.39 is 5.97 Å². The Hall–Kier alpha value is -1.30. The van der Waals surface area contributed by atoms with Gasteiger partial charge in [0.2, 0.25) is 0 Å². The molecule has 0 saturated heterocycles. The highest BCUT2D eigenvalue weighted by molar-refractivity contribution is 5.79. The van der Waals surface area contributed by atoms with Crippen LogP contribution in [0.4, 0.5) is 4.79 Å². The Morgan fingerprint density at radius 3 is 2.44 bits per heavy atom. The van der Waals surface area contributed by atoms with Gasteiger partial charge in [0.05, 0.1) is 0 Å². The molecule has 0 atom stereocenters. The standard InChI is InChI=1S/C10H21N3O3/c1-3-11-6-5-7-12-10(16)13(4-2)8-9(14)15/h11H,3-8H2,1-2H3,(H,12,16)(H,14,15). The summed E-state index contributed by atoms with van der Waals surface area (Å²) >= 11 is 0. The number of carboxylic acids is 1. The Bertz CT molecular complexity index is 221. The average molecular weight is 231 g/mol. The lowest BCUT2D eigenvalue weighted by Crippen LogP contribution is -2.43. The quantitative estimate of drug-likeness (QED) is 0.518. The highest BCUT2D eigenvalue weighted by Crippen LogP contribution is 1.89. The Morgan fingerprint density at radius 1 is 1.25 bits per heavy atom. The number of nitrogens with zero attached hydrogens (tertiary/aromatic N) is 1. The summed E-state index contributed by atoms with van der Waals surface area (Å²) in [6.45, 7) is 6.23. The highest BCUT2D eigenvalue weighted by Gasteiger charge is 2.13. The molecule has 6 nitrogen and oxygen atoms in total. The van der Waals surface area contributed by atoms with Crippen LogP contribution in [0.2, 0.25) is 0 Å². The Labute approximate surface area is 96.0 Å². The summed E-state index contributed by atoms with van der Waals surface area (Å²) in [7, 11) is 0. The number of carbonyl (C=O) groups is 2. The maximum absolute atomic E-state index is 11.5. The average Bonchev–Trinajstić information content (AvgIpc) is 2.25. The van der Waals surface area contributed by atoms with Crippen LogP contribution in [0.5, 0.6) is 0 Å². The number of urea groups is 1. The smallest absolute Gasteiger partial charge is 0.323 e. The van der Waals surface area contributed by atoms with Gasteiger partial charge in [-0.15, -0.1) is 0 Å². The monoisotopic (exact) mass is 231 g/mol. The molecule has 6 heteroatoms. The number of carboxylic acid groups (broad SMARTS) is 1. The lowest BCUT2D eigenvalue weighted by Gasteiger charge is -2.19. The van der Waals surface area contributed by atoms with E-state index in [1.807, 2.05) is 6.92 Å². The fourth-order valence-electron chi connectivity index (χ4n) is 1.19. The highest BCUT2D eigenvalue weighted by atomic mass is 16.4. The molecule has 2 amide bonds. The van der Waals surface area contributed by atoms with Gasteiger partial charge in [-0.25, -0.2) is 4.79 Å². The van der Waals surface area contributed by atoms with E-state index in [-0.39, 0.29) is 12.6 Å². The van der Waals surface area contributed by atoms with Gasteiger partial charge < -0.3 is 20.6 Å². The topological polar surface area (TPSA) is 81.7 Å². The SMILES string of the molecule is CCNCCCNC(=O)N(CC)CC(=O)O. The molecule has 94 valence electrons. The van der Waals surface area contributed by atoms with Crippen LogP contribution in [0.3, 0.4) is 0 Å². The molecule has 0 rings (SSSR count). The van der Waals surface area contributed by atoms with Crippen molar-refractivity contribution in [1.29, 1.82) is 0 Å². The molecule has 0 saturated carbocycles. The molecular formula is C10H21N3O3. The molecule has 0 aromatic rings. The van der Waals surface area contributed by atoms with Crippen molar-refractivity contribution in [3.8, 4) is 0 Å². The number of rotatable bonds is 8. The van der Waals surface area contributed by atoms with Crippen molar-refractivity contribution in [2.75, 3.05) is 32.7 Å². The molecule has 3 N–H and O–H groups in total. The number of aliphatic carboxylic acids is 1. The number of hydrogen-bond acceptors (Lipinski definition) is 3. The van der Waals surface area contributed by atoms with Gasteiger partial charge in [-0.3, -0.25) is 4.79 Å². The van der Waals surface area contributed by atoms with Crippen LogP contribution in [0, 0.1) is 0 Å². The molecule has 16 heavy (non-hydrogen) atoms. The van der Waals surface area contributed by atoms with Crippen LogP contribution in [0.25, 0.3) is 0 Å². The van der Waals surface area contributed by atoms with Gasteiger partial charge in [0, 0.05) is 13.1 Å². The summed E-state index contributed by atoms with van der Waals surface area (Å²) in [6, 6.07) is -0.318. The van der Waals surface area contributed by atoms with Gasteiger partial charge in [0.15, 0.2) is 0 Å². The van der Waals surface area contributed by atoms with Gasteiger partial charge in [-0.2, -0.15) is 0 Å². The number of likely N-dealkylation sites (N-methyl/N-ethyl adjacent to an activating group) is 1. The molecule has 0 aliphatic heterocycles. The van der Waals surface area contributed by atoms with Crippen LogP contribution in [-0.2, 0) is 4.79 Å². The predicted octanol–water partition coefficient (Wildman–Crippen LogP) is 0.102. The van der Waals surface area contributed by atoms with E-state index in [9.17, 15) is 9.59 Å². The first-order valence-corrected chi connectivity index (χ1v) is 5.57. The number of amides is 2. The molecular weight excluding hydrogens is 210 g/mol. The third-order valence-electron chi connectivity index (χ3n) is 2.05. The van der Waals surface area contributed by atoms with Gasteiger partial charge in [0.25, 0.3) is 0 Å². The first kappa shape index (κ1) is 14.7. The molecule has 0 aromatic heterocycles. The van der Waals surface area contributed by atoms with E-state index in [0.29, 0.717) is 13.1 Å². The lowest BCUT2D eigenvalue weighted by molar-refractivity contribution is -0.137. The van der Waals surface area contributed by atoms with Crippen molar-refractivity contribution in [3.05, 3.63) is 0 Å². The number of nitrogens with one attached hydrogen (secondary N) is 2. The third-order valence-corrected chi connectivity index (χ3v) is 2.05. The zero-order valence-corrected chi connectivity index (χ0v) is 9.95. The van der Waals surface area contributed by atoms with Crippen LogP contribution in [0.1, 0.15) is 20.3 Å². The summed E-state index contributed by atoms with van der Waals surface area (Å²) in [5.74, 6) is -0.996. The second-order valence-corrected chi connectivity index (χ2v) is 3.35. The zero-order chi connectivity index (χ0) is 12.4. The molecule has 0 aliphatic carbocycles. The minimum absolute atomic E-state index is 0.254. The molecule has 0 radical (unpaired) electrons. The van der Waals surface area contributed by atoms with Gasteiger partial charge in [0.1, 0.15) is 6.54 Å². The van der Waals surface area contributed by atoms with E-state index in [1.165, 1.54) is 4.90 Å². The molecule has 0 aliphatic rings. The Morgan fingerprint density at radius 2 is 1.94 bits per heavy atom. The van der Waals surface area contributed by atoms with Gasteiger partial charge in [-0.1, -0.05) is 6.92 Å². The maximum Gasteiger partial charge on any atom is 0.323 e. The van der Waals surface area contributed by atoms with Crippen molar-refractivity contribution in [2.45, 2.75) is 20.3 Å². The van der Waals surface area contributed by atoms with Crippen molar-refractivity contribution in [1.82, 2.24) is 15.5 Å². The van der Waals surface area contributed by atoms with Crippen LogP contribution in [-0.4, -0.2) is 54.7 Å². The van der Waals surface area contributed by atoms with Crippen LogP contribution < -0.4 is 10.6 Å². The summed E-state index contributed by atoms with van der Waals surface area (Å²) in [5, 5.41) is 14.4. The molecule has 0 aromatic carbocycles. The summed E-state index contributed by atoms with van der Waals surface area (Å²) < 4.78 is 0. The first-order chi connectivity index (χ1) is 7.61. The van der Waals surface area contributed by atoms with Crippen molar-refractivity contribution < 1.29 is 14.7 Å². The van der Waals surface area contributed by atoms with E-state index in [0.717, 1.165) is 19.5 Å². The molecule has 0 spiro atoms. The fourth-order valence-corrected chi connectivity index (χ4v) is 1.19. The first-order valence-electron chi connectivity index (χ1n) is 5.57. The Balaban J connectivity index is 3.71. The molecule has 0 bridgehead atoms. The van der Waals surface area contributed by atoms with Gasteiger partial charge in [-0.05, 0) is 26.4 Å². The van der Waals surface area contributed by atoms with Crippen molar-refractivity contribution in [3.63, 3.8) is 0 Å². The summed E-state index contributed by atoms with van der Waals surface area (Å²) in [6.07, 6.45) is 0.838. The fraction of sp³-hybridized carbons (Fsp3) is 0.800. The van der Waals surface area contributed by atoms with Crippen molar-refractivity contribution in [2.24, 2.45) is 0 Å². The van der Waals surface area contributed by atoms with E-state index in [4.69, 9.17) is 5.11 Å². The van der Waals surface area contributed by atoms with Crippen LogP contribution >= 0.6 is 0 Å². The molecule has 0 fully saturated rings. The minimum Gasteiger partial charge on any atom is -0.480 e. The number of carbonyl (C=O) groups excluding carboxylic acids is 1.